The van der Waals surface area contributed by atoms with Gasteiger partial charge in [0.15, 0.2) is 0 Å². The van der Waals surface area contributed by atoms with Crippen LogP contribution in [-0.4, -0.2) is 21.0 Å². The van der Waals surface area contributed by atoms with Gasteiger partial charge in [0.2, 0.25) is 10.0 Å². The Morgan fingerprint density at radius 3 is 2.53 bits per heavy atom. The summed E-state index contributed by atoms with van der Waals surface area (Å²) in [6, 6.07) is 1.21. The highest BCUT2D eigenvalue weighted by molar-refractivity contribution is 7.89. The number of benzene rings is 1. The van der Waals surface area contributed by atoms with Gasteiger partial charge >= 0.3 is 0 Å². The van der Waals surface area contributed by atoms with Crippen LogP contribution in [0.3, 0.4) is 0 Å². The minimum absolute atomic E-state index is 0.0199. The molecule has 3 N–H and O–H groups in total. The number of sulfonamides is 1. The molecule has 0 aliphatic rings. The quantitative estimate of drug-likeness (QED) is 0.838. The Kier molecular flexibility index (Phi) is 5.39. The molecule has 0 radical (unpaired) electrons. The maximum absolute atomic E-state index is 13.5. The number of hydrogen-bond donors (Lipinski definition) is 2. The van der Waals surface area contributed by atoms with Crippen molar-refractivity contribution in [3.63, 3.8) is 0 Å². The molecule has 1 aromatic rings. The van der Waals surface area contributed by atoms with Crippen molar-refractivity contribution in [2.75, 3.05) is 6.54 Å². The summed E-state index contributed by atoms with van der Waals surface area (Å²) in [5.41, 5.74) is 5.75. The zero-order valence-electron chi connectivity index (χ0n) is 10.9. The fraction of sp³-hybridized carbons (Fsp3) is 0.500. The van der Waals surface area contributed by atoms with E-state index in [0.29, 0.717) is 12.5 Å². The van der Waals surface area contributed by atoms with Gasteiger partial charge in [-0.3, -0.25) is 0 Å². The van der Waals surface area contributed by atoms with Gasteiger partial charge in [-0.05, 0) is 25.0 Å². The average Bonchev–Trinajstić information content (AvgIpc) is 2.31. The number of halogens is 2. The van der Waals surface area contributed by atoms with Crippen LogP contribution in [0.25, 0.3) is 0 Å². The SMILES string of the molecule is CCC[C@@H](N)CNS(=O)(=O)c1cc(C)c(F)cc1F. The van der Waals surface area contributed by atoms with E-state index in [0.717, 1.165) is 12.5 Å². The number of hydrogen-bond acceptors (Lipinski definition) is 3. The third-order valence-corrected chi connectivity index (χ3v) is 4.14. The lowest BCUT2D eigenvalue weighted by molar-refractivity contribution is 0.530. The van der Waals surface area contributed by atoms with Crippen LogP contribution in [0.5, 0.6) is 0 Å². The summed E-state index contributed by atoms with van der Waals surface area (Å²) >= 11 is 0. The third kappa shape index (κ3) is 4.22. The van der Waals surface area contributed by atoms with Crippen molar-refractivity contribution < 1.29 is 17.2 Å². The predicted molar refractivity (Wildman–Crippen MR) is 69.2 cm³/mol. The van der Waals surface area contributed by atoms with Crippen molar-refractivity contribution in [1.82, 2.24) is 4.72 Å². The number of aryl methyl sites for hydroxylation is 1. The van der Waals surface area contributed by atoms with E-state index < -0.39 is 26.6 Å². The first-order valence-electron chi connectivity index (χ1n) is 5.98. The van der Waals surface area contributed by atoms with Gasteiger partial charge in [0.1, 0.15) is 16.5 Å². The smallest absolute Gasteiger partial charge is 0.243 e. The largest absolute Gasteiger partial charge is 0.327 e. The lowest BCUT2D eigenvalue weighted by Gasteiger charge is -2.13. The van der Waals surface area contributed by atoms with E-state index >= 15 is 0 Å². The Labute approximate surface area is 112 Å². The van der Waals surface area contributed by atoms with Gasteiger partial charge < -0.3 is 5.73 Å². The molecule has 0 amide bonds. The maximum Gasteiger partial charge on any atom is 0.243 e. The topological polar surface area (TPSA) is 72.2 Å². The van der Waals surface area contributed by atoms with Crippen LogP contribution in [-0.2, 0) is 10.0 Å². The van der Waals surface area contributed by atoms with Gasteiger partial charge in [0, 0.05) is 18.7 Å². The average molecular weight is 292 g/mol. The zero-order valence-corrected chi connectivity index (χ0v) is 11.7. The Balaban J connectivity index is 2.92. The van der Waals surface area contributed by atoms with Crippen LogP contribution in [0.4, 0.5) is 8.78 Å². The molecular weight excluding hydrogens is 274 g/mol. The van der Waals surface area contributed by atoms with Crippen LogP contribution >= 0.6 is 0 Å². The first kappa shape index (κ1) is 16.0. The standard InChI is InChI=1S/C12H18F2N2O2S/c1-3-4-9(15)7-16-19(17,18)12-5-8(2)10(13)6-11(12)14/h5-6,9,16H,3-4,7,15H2,1-2H3/t9-/m1/s1. The number of rotatable bonds is 6. The van der Waals surface area contributed by atoms with Crippen LogP contribution < -0.4 is 10.5 Å². The van der Waals surface area contributed by atoms with Crippen molar-refractivity contribution in [2.45, 2.75) is 37.6 Å². The summed E-state index contributed by atoms with van der Waals surface area (Å²) in [5.74, 6) is -1.89. The lowest BCUT2D eigenvalue weighted by atomic mass is 10.2. The fourth-order valence-electron chi connectivity index (χ4n) is 1.60. The summed E-state index contributed by atoms with van der Waals surface area (Å²) in [6.45, 7) is 3.32. The molecule has 0 aliphatic carbocycles. The van der Waals surface area contributed by atoms with E-state index in [1.54, 1.807) is 0 Å². The second kappa shape index (κ2) is 6.40. The van der Waals surface area contributed by atoms with Gasteiger partial charge in [-0.15, -0.1) is 0 Å². The summed E-state index contributed by atoms with van der Waals surface area (Å²) in [7, 11) is -4.02. The molecule has 0 unspecified atom stereocenters. The minimum Gasteiger partial charge on any atom is -0.327 e. The summed E-state index contributed by atoms with van der Waals surface area (Å²) in [6.07, 6.45) is 1.49. The molecule has 0 aromatic heterocycles. The second-order valence-electron chi connectivity index (χ2n) is 4.43. The maximum atomic E-state index is 13.5. The van der Waals surface area contributed by atoms with Gasteiger partial charge in [0.05, 0.1) is 0 Å². The molecule has 0 fully saturated rings. The Bertz CT molecular complexity index is 547. The fourth-order valence-corrected chi connectivity index (χ4v) is 2.84. The van der Waals surface area contributed by atoms with Crippen LogP contribution in [0.1, 0.15) is 25.3 Å². The molecule has 1 atom stereocenters. The minimum atomic E-state index is -4.02. The van der Waals surface area contributed by atoms with Crippen LogP contribution in [0, 0.1) is 18.6 Å². The summed E-state index contributed by atoms with van der Waals surface area (Å²) in [5, 5.41) is 0. The van der Waals surface area contributed by atoms with Crippen molar-refractivity contribution in [2.24, 2.45) is 5.73 Å². The van der Waals surface area contributed by atoms with Crippen molar-refractivity contribution in [3.8, 4) is 0 Å². The predicted octanol–water partition coefficient (Wildman–Crippen LogP) is 1.68. The Hall–Kier alpha value is -1.05. The van der Waals surface area contributed by atoms with Gasteiger partial charge in [0.25, 0.3) is 0 Å². The van der Waals surface area contributed by atoms with Crippen molar-refractivity contribution in [3.05, 3.63) is 29.3 Å². The molecule has 108 valence electrons. The molecular formula is C12H18F2N2O2S. The van der Waals surface area contributed by atoms with Gasteiger partial charge in [-0.2, -0.15) is 0 Å². The molecule has 4 nitrogen and oxygen atoms in total. The van der Waals surface area contributed by atoms with E-state index in [4.69, 9.17) is 5.73 Å². The molecule has 1 aromatic carbocycles. The monoisotopic (exact) mass is 292 g/mol. The van der Waals surface area contributed by atoms with Crippen LogP contribution in [0.2, 0.25) is 0 Å². The third-order valence-electron chi connectivity index (χ3n) is 2.70. The van der Waals surface area contributed by atoms with Gasteiger partial charge in [-0.25, -0.2) is 21.9 Å². The van der Waals surface area contributed by atoms with E-state index in [2.05, 4.69) is 4.72 Å². The number of nitrogens with two attached hydrogens (primary N) is 1. The first-order valence-corrected chi connectivity index (χ1v) is 7.47. The van der Waals surface area contributed by atoms with Crippen LogP contribution in [0.15, 0.2) is 17.0 Å². The van der Waals surface area contributed by atoms with E-state index in [-0.39, 0.29) is 18.2 Å². The highest BCUT2D eigenvalue weighted by atomic mass is 32.2. The van der Waals surface area contributed by atoms with Crippen molar-refractivity contribution >= 4 is 10.0 Å². The lowest BCUT2D eigenvalue weighted by Crippen LogP contribution is -2.37. The molecule has 7 heteroatoms. The normalized spacial score (nSPS) is 13.5. The molecule has 0 bridgehead atoms. The number of nitrogens with one attached hydrogen (secondary N) is 1. The first-order chi connectivity index (χ1) is 8.77. The summed E-state index contributed by atoms with van der Waals surface area (Å²) in [4.78, 5) is -0.560. The highest BCUT2D eigenvalue weighted by Gasteiger charge is 2.21. The van der Waals surface area contributed by atoms with E-state index in [1.807, 2.05) is 6.92 Å². The molecule has 0 saturated heterocycles. The Morgan fingerprint density at radius 2 is 1.95 bits per heavy atom. The van der Waals surface area contributed by atoms with Gasteiger partial charge in [-0.1, -0.05) is 13.3 Å². The molecule has 1 rings (SSSR count). The molecule has 0 aliphatic heterocycles. The van der Waals surface area contributed by atoms with E-state index in [1.165, 1.54) is 6.92 Å². The molecule has 19 heavy (non-hydrogen) atoms. The zero-order chi connectivity index (χ0) is 14.6. The highest BCUT2D eigenvalue weighted by Crippen LogP contribution is 2.18. The molecule has 0 spiro atoms. The molecule has 0 heterocycles. The van der Waals surface area contributed by atoms with E-state index in [9.17, 15) is 17.2 Å². The van der Waals surface area contributed by atoms with Crippen molar-refractivity contribution in [1.29, 1.82) is 0 Å². The summed E-state index contributed by atoms with van der Waals surface area (Å²) < 4.78 is 52.6. The second-order valence-corrected chi connectivity index (χ2v) is 6.17. The Morgan fingerprint density at radius 1 is 1.32 bits per heavy atom. The molecule has 0 saturated carbocycles.